The molecule has 3 nitrogen and oxygen atoms in total. The van der Waals surface area contributed by atoms with E-state index in [-0.39, 0.29) is 0 Å². The van der Waals surface area contributed by atoms with Crippen molar-refractivity contribution in [3.63, 3.8) is 0 Å². The highest BCUT2D eigenvalue weighted by Crippen LogP contribution is 2.49. The topological polar surface area (TPSA) is 41.6 Å². The van der Waals surface area contributed by atoms with Gasteiger partial charge in [-0.1, -0.05) is 146 Å². The van der Waals surface area contributed by atoms with Crippen molar-refractivity contribution in [3.05, 3.63) is 206 Å². The van der Waals surface area contributed by atoms with Crippen LogP contribution in [0.15, 0.2) is 200 Å². The summed E-state index contributed by atoms with van der Waals surface area (Å²) in [6.07, 6.45) is 0. The highest BCUT2D eigenvalue weighted by molar-refractivity contribution is 6.30. The van der Waals surface area contributed by atoms with Crippen LogP contribution in [0.3, 0.4) is 0 Å². The lowest BCUT2D eigenvalue weighted by molar-refractivity contribution is 1.18. The summed E-state index contributed by atoms with van der Waals surface area (Å²) in [5, 5.41) is 22.8. The van der Waals surface area contributed by atoms with Crippen molar-refractivity contribution in [3.8, 4) is 45.3 Å². The Morgan fingerprint density at radius 2 is 0.932 bits per heavy atom. The van der Waals surface area contributed by atoms with Gasteiger partial charge in [-0.25, -0.2) is 4.98 Å². The minimum Gasteiger partial charge on any atom is -0.309 e. The fraction of sp³-hybridized carbons (Fsp3) is 0. The standard InChI is InChI=1S/C56H33N3/c57-34-35-27-29-51-46(31-35)47-32-37(28-30-52(47)59(51)38-17-5-2-6-18-38)53-41-21-9-11-23-43(41)54(44-24-12-10-22-42(44)53)48-33-49-55(40-20-8-7-19-39(40)48)45-25-13-14-26-50(45)58-56(49)36-15-3-1-4-16-36/h1-33H. The number of fused-ring (bicyclic) bond motifs is 10. The van der Waals surface area contributed by atoms with Crippen molar-refractivity contribution in [1.29, 1.82) is 5.26 Å². The van der Waals surface area contributed by atoms with Gasteiger partial charge in [-0.15, -0.1) is 0 Å². The number of para-hydroxylation sites is 2. The second-order valence-electron chi connectivity index (χ2n) is 15.3. The summed E-state index contributed by atoms with van der Waals surface area (Å²) >= 11 is 0. The van der Waals surface area contributed by atoms with Crippen LogP contribution < -0.4 is 0 Å². The molecule has 2 heterocycles. The van der Waals surface area contributed by atoms with E-state index in [1.54, 1.807) is 0 Å². The van der Waals surface area contributed by atoms with Crippen LogP contribution >= 0.6 is 0 Å². The molecule has 2 aromatic heterocycles. The van der Waals surface area contributed by atoms with Crippen molar-refractivity contribution in [2.75, 3.05) is 0 Å². The molecule has 0 saturated heterocycles. The number of aromatic nitrogens is 2. The summed E-state index contributed by atoms with van der Waals surface area (Å²) in [7, 11) is 0. The molecule has 0 atom stereocenters. The maximum Gasteiger partial charge on any atom is 0.0991 e. The lowest BCUT2D eigenvalue weighted by Gasteiger charge is -2.21. The molecule has 0 amide bonds. The zero-order valence-electron chi connectivity index (χ0n) is 31.9. The number of pyridine rings is 1. The van der Waals surface area contributed by atoms with E-state index in [4.69, 9.17) is 4.98 Å². The summed E-state index contributed by atoms with van der Waals surface area (Å²) in [6.45, 7) is 0. The molecular weight excluding hydrogens is 715 g/mol. The Labute approximate surface area is 340 Å². The van der Waals surface area contributed by atoms with E-state index in [1.165, 1.54) is 54.4 Å². The summed E-state index contributed by atoms with van der Waals surface area (Å²) in [4.78, 5) is 5.35. The van der Waals surface area contributed by atoms with Gasteiger partial charge in [-0.2, -0.15) is 5.26 Å². The summed E-state index contributed by atoms with van der Waals surface area (Å²) in [6, 6.07) is 73.9. The third kappa shape index (κ3) is 4.97. The molecule has 0 radical (unpaired) electrons. The molecule has 0 saturated carbocycles. The van der Waals surface area contributed by atoms with Gasteiger partial charge in [0.15, 0.2) is 0 Å². The molecular formula is C56H33N3. The Bertz CT molecular complexity index is 3670. The molecule has 12 rings (SSSR count). The smallest absolute Gasteiger partial charge is 0.0991 e. The highest BCUT2D eigenvalue weighted by Gasteiger charge is 2.22. The first-order valence-electron chi connectivity index (χ1n) is 20.0. The van der Waals surface area contributed by atoms with Crippen molar-refractivity contribution in [2.24, 2.45) is 0 Å². The predicted molar refractivity (Wildman–Crippen MR) is 247 cm³/mol. The molecule has 0 aliphatic heterocycles. The third-order valence-electron chi connectivity index (χ3n) is 12.2. The van der Waals surface area contributed by atoms with Crippen LogP contribution in [-0.2, 0) is 0 Å². The van der Waals surface area contributed by atoms with E-state index in [9.17, 15) is 5.26 Å². The van der Waals surface area contributed by atoms with E-state index in [1.807, 2.05) is 18.2 Å². The summed E-state index contributed by atoms with van der Waals surface area (Å²) < 4.78 is 2.31. The third-order valence-corrected chi connectivity index (χ3v) is 12.2. The Hall–Kier alpha value is -8.06. The van der Waals surface area contributed by atoms with E-state index < -0.39 is 0 Å². The quantitative estimate of drug-likeness (QED) is 0.133. The predicted octanol–water partition coefficient (Wildman–Crippen LogP) is 14.8. The van der Waals surface area contributed by atoms with Crippen LogP contribution in [0, 0.1) is 11.3 Å². The summed E-state index contributed by atoms with van der Waals surface area (Å²) in [5.41, 5.74) is 11.7. The Morgan fingerprint density at radius 3 is 1.61 bits per heavy atom. The molecule has 0 aliphatic carbocycles. The lowest BCUT2D eigenvalue weighted by Crippen LogP contribution is -1.95. The monoisotopic (exact) mass is 747 g/mol. The van der Waals surface area contributed by atoms with Gasteiger partial charge < -0.3 is 4.57 Å². The first-order valence-corrected chi connectivity index (χ1v) is 20.0. The van der Waals surface area contributed by atoms with Crippen molar-refractivity contribution in [1.82, 2.24) is 9.55 Å². The second-order valence-corrected chi connectivity index (χ2v) is 15.3. The first-order chi connectivity index (χ1) is 29.2. The zero-order valence-corrected chi connectivity index (χ0v) is 31.9. The molecule has 0 fully saturated rings. The van der Waals surface area contributed by atoms with Gasteiger partial charge >= 0.3 is 0 Å². The van der Waals surface area contributed by atoms with Crippen LogP contribution in [0.2, 0.25) is 0 Å². The van der Waals surface area contributed by atoms with E-state index in [0.29, 0.717) is 5.56 Å². The van der Waals surface area contributed by atoms with E-state index in [2.05, 4.69) is 193 Å². The van der Waals surface area contributed by atoms with Crippen molar-refractivity contribution in [2.45, 2.75) is 0 Å². The Balaban J connectivity index is 1.19. The number of nitrogens with zero attached hydrogens (tertiary/aromatic N) is 3. The molecule has 0 aliphatic rings. The fourth-order valence-electron chi connectivity index (χ4n) is 9.67. The summed E-state index contributed by atoms with van der Waals surface area (Å²) in [5.74, 6) is 0. The van der Waals surface area contributed by atoms with Crippen molar-refractivity contribution < 1.29 is 0 Å². The van der Waals surface area contributed by atoms with Gasteiger partial charge in [0.2, 0.25) is 0 Å². The number of rotatable bonds is 4. The molecule has 0 unspecified atom stereocenters. The number of nitriles is 1. The molecule has 0 bridgehead atoms. The van der Waals surface area contributed by atoms with Gasteiger partial charge in [-0.05, 0) is 109 Å². The van der Waals surface area contributed by atoms with Crippen LogP contribution in [0.5, 0.6) is 0 Å². The first kappa shape index (κ1) is 33.1. The van der Waals surface area contributed by atoms with Crippen LogP contribution in [0.4, 0.5) is 0 Å². The number of hydrogen-bond acceptors (Lipinski definition) is 2. The van der Waals surface area contributed by atoms with Gasteiger partial charge in [0.1, 0.15) is 0 Å². The minimum absolute atomic E-state index is 0.650. The number of hydrogen-bond donors (Lipinski definition) is 0. The van der Waals surface area contributed by atoms with Crippen LogP contribution in [0.1, 0.15) is 5.56 Å². The normalized spacial score (nSPS) is 11.7. The Morgan fingerprint density at radius 1 is 0.390 bits per heavy atom. The molecule has 0 spiro atoms. The molecule has 272 valence electrons. The number of benzene rings is 10. The molecule has 12 aromatic rings. The Kier molecular flexibility index (Phi) is 7.29. The highest BCUT2D eigenvalue weighted by atomic mass is 15.0. The average Bonchev–Trinajstić information content (AvgIpc) is 3.63. The molecule has 59 heavy (non-hydrogen) atoms. The van der Waals surface area contributed by atoms with E-state index in [0.717, 1.165) is 60.6 Å². The fourth-order valence-corrected chi connectivity index (χ4v) is 9.67. The van der Waals surface area contributed by atoms with Gasteiger partial charge in [0.25, 0.3) is 0 Å². The van der Waals surface area contributed by atoms with Crippen molar-refractivity contribution >= 4 is 75.8 Å². The van der Waals surface area contributed by atoms with Crippen LogP contribution in [0.25, 0.3) is 115 Å². The van der Waals surface area contributed by atoms with Gasteiger partial charge in [0.05, 0.1) is 33.9 Å². The molecule has 3 heteroatoms. The molecule has 0 N–H and O–H groups in total. The van der Waals surface area contributed by atoms with Gasteiger partial charge in [-0.3, -0.25) is 0 Å². The largest absolute Gasteiger partial charge is 0.309 e. The minimum atomic E-state index is 0.650. The maximum absolute atomic E-state index is 9.97. The van der Waals surface area contributed by atoms with E-state index >= 15 is 0 Å². The van der Waals surface area contributed by atoms with Crippen LogP contribution in [-0.4, -0.2) is 9.55 Å². The lowest BCUT2D eigenvalue weighted by atomic mass is 9.83. The molecule has 10 aromatic carbocycles. The van der Waals surface area contributed by atoms with Gasteiger partial charge in [0, 0.05) is 38.2 Å². The zero-order chi connectivity index (χ0) is 39.0. The SMILES string of the molecule is N#Cc1ccc2c(c1)c1cc(-c3c4ccccc4c(-c4cc5c(-c6ccccc6)nc6ccccc6c5c5ccccc45)c4ccccc34)ccc1n2-c1ccccc1. The maximum atomic E-state index is 9.97. The second kappa shape index (κ2) is 13.0. The average molecular weight is 748 g/mol.